The molecule has 1 aliphatic heterocycles. The molecule has 10 heteroatoms. The molecule has 0 aliphatic carbocycles. The summed E-state index contributed by atoms with van der Waals surface area (Å²) in [4.78, 5) is 32.1. The van der Waals surface area contributed by atoms with E-state index in [1.807, 2.05) is 44.2 Å². The molecule has 2 aromatic carbocycles. The lowest BCUT2D eigenvalue weighted by molar-refractivity contribution is -0.139. The highest BCUT2D eigenvalue weighted by Gasteiger charge is 2.33. The largest absolute Gasteiger partial charge is 0.496 e. The molecular weight excluding hydrogens is 572 g/mol. The molecule has 0 saturated carbocycles. The minimum atomic E-state index is -0.704. The van der Waals surface area contributed by atoms with Gasteiger partial charge in [0.05, 0.1) is 53.2 Å². The Hall–Kier alpha value is -3.37. The van der Waals surface area contributed by atoms with Gasteiger partial charge in [0.2, 0.25) is 0 Å². The summed E-state index contributed by atoms with van der Waals surface area (Å²) < 4.78 is 24.8. The second-order valence-electron chi connectivity index (χ2n) is 8.77. The first-order valence-corrected chi connectivity index (χ1v) is 13.7. The third-order valence-electron chi connectivity index (χ3n) is 5.88. The van der Waals surface area contributed by atoms with Crippen molar-refractivity contribution in [2.45, 2.75) is 39.8 Å². The van der Waals surface area contributed by atoms with Crippen LogP contribution in [0.5, 0.6) is 17.2 Å². The number of carbonyl (C=O) groups is 1. The number of carbonyl (C=O) groups excluding carboxylic acids is 1. The molecule has 2 heterocycles. The van der Waals surface area contributed by atoms with Crippen LogP contribution in [0, 0.1) is 0 Å². The van der Waals surface area contributed by atoms with E-state index < -0.39 is 12.0 Å². The van der Waals surface area contributed by atoms with Crippen LogP contribution in [0.1, 0.15) is 44.9 Å². The number of esters is 1. The van der Waals surface area contributed by atoms with Crippen molar-refractivity contribution in [2.75, 3.05) is 20.8 Å². The van der Waals surface area contributed by atoms with Crippen molar-refractivity contribution in [1.82, 2.24) is 4.57 Å². The van der Waals surface area contributed by atoms with Gasteiger partial charge in [0.1, 0.15) is 17.2 Å². The number of nitrogens with zero attached hydrogens (tertiary/aromatic N) is 2. The molecule has 0 saturated heterocycles. The van der Waals surface area contributed by atoms with E-state index >= 15 is 0 Å². The van der Waals surface area contributed by atoms with E-state index in [2.05, 4.69) is 20.9 Å². The fourth-order valence-corrected chi connectivity index (χ4v) is 5.81. The average Bonchev–Trinajstić information content (AvgIpc) is 3.18. The van der Waals surface area contributed by atoms with Gasteiger partial charge >= 0.3 is 5.97 Å². The van der Waals surface area contributed by atoms with Crippen LogP contribution >= 0.6 is 27.3 Å². The average molecular weight is 602 g/mol. The van der Waals surface area contributed by atoms with Crippen molar-refractivity contribution < 1.29 is 23.7 Å². The van der Waals surface area contributed by atoms with Gasteiger partial charge in [-0.25, -0.2) is 9.79 Å². The Morgan fingerprint density at radius 1 is 1.16 bits per heavy atom. The Morgan fingerprint density at radius 3 is 2.45 bits per heavy atom. The molecule has 0 fully saturated rings. The monoisotopic (exact) mass is 600 g/mol. The second kappa shape index (κ2) is 11.6. The zero-order valence-corrected chi connectivity index (χ0v) is 24.4. The number of hydrogen-bond donors (Lipinski definition) is 0. The number of ether oxygens (including phenoxy) is 4. The number of halogens is 1. The van der Waals surface area contributed by atoms with Gasteiger partial charge in [-0.2, -0.15) is 0 Å². The van der Waals surface area contributed by atoms with Crippen LogP contribution in [0.4, 0.5) is 0 Å². The Bertz CT molecular complexity index is 1570. The number of rotatable bonds is 8. The highest BCUT2D eigenvalue weighted by atomic mass is 79.9. The summed E-state index contributed by atoms with van der Waals surface area (Å²) in [5.41, 5.74) is 2.00. The van der Waals surface area contributed by atoms with E-state index in [4.69, 9.17) is 18.9 Å². The van der Waals surface area contributed by atoms with Crippen molar-refractivity contribution in [1.29, 1.82) is 0 Å². The van der Waals surface area contributed by atoms with Gasteiger partial charge in [0.25, 0.3) is 5.56 Å². The van der Waals surface area contributed by atoms with Crippen molar-refractivity contribution in [2.24, 2.45) is 4.99 Å². The molecule has 1 atom stereocenters. The van der Waals surface area contributed by atoms with Gasteiger partial charge in [-0.1, -0.05) is 23.5 Å². The number of benzene rings is 2. The Balaban J connectivity index is 1.92. The first-order valence-electron chi connectivity index (χ1n) is 12.1. The van der Waals surface area contributed by atoms with Gasteiger partial charge in [-0.05, 0) is 73.5 Å². The molecule has 4 rings (SSSR count). The molecule has 0 radical (unpaired) electrons. The van der Waals surface area contributed by atoms with Crippen LogP contribution in [-0.4, -0.2) is 37.5 Å². The highest BCUT2D eigenvalue weighted by molar-refractivity contribution is 9.10. The predicted molar refractivity (Wildman–Crippen MR) is 150 cm³/mol. The van der Waals surface area contributed by atoms with E-state index in [0.717, 1.165) is 10.0 Å². The third kappa shape index (κ3) is 5.42. The van der Waals surface area contributed by atoms with Crippen molar-refractivity contribution in [3.63, 3.8) is 0 Å². The maximum Gasteiger partial charge on any atom is 0.338 e. The van der Waals surface area contributed by atoms with E-state index in [0.29, 0.717) is 43.4 Å². The van der Waals surface area contributed by atoms with E-state index in [1.54, 1.807) is 44.8 Å². The predicted octanol–water partition coefficient (Wildman–Crippen LogP) is 4.37. The Morgan fingerprint density at radius 2 is 1.84 bits per heavy atom. The normalized spacial score (nSPS) is 15.3. The number of allylic oxidation sites excluding steroid dienone is 1. The summed E-state index contributed by atoms with van der Waals surface area (Å²) in [6, 6.07) is 10.3. The van der Waals surface area contributed by atoms with E-state index in [-0.39, 0.29) is 18.3 Å². The van der Waals surface area contributed by atoms with Crippen LogP contribution in [0.2, 0.25) is 0 Å². The maximum absolute atomic E-state index is 13.9. The number of methoxy groups -OCH3 is 2. The van der Waals surface area contributed by atoms with Gasteiger partial charge in [0, 0.05) is 11.6 Å². The summed E-state index contributed by atoms with van der Waals surface area (Å²) in [7, 11) is 3.13. The maximum atomic E-state index is 13.9. The zero-order chi connectivity index (χ0) is 27.6. The third-order valence-corrected chi connectivity index (χ3v) is 7.48. The van der Waals surface area contributed by atoms with Crippen molar-refractivity contribution >= 4 is 39.3 Å². The lowest BCUT2D eigenvalue weighted by Gasteiger charge is -2.25. The molecule has 0 bridgehead atoms. The lowest BCUT2D eigenvalue weighted by atomic mass is 9.96. The number of hydrogen-bond acceptors (Lipinski definition) is 8. The van der Waals surface area contributed by atoms with Gasteiger partial charge < -0.3 is 18.9 Å². The fourth-order valence-electron chi connectivity index (χ4n) is 4.25. The highest BCUT2D eigenvalue weighted by Crippen LogP contribution is 2.34. The first-order chi connectivity index (χ1) is 18.2. The van der Waals surface area contributed by atoms with E-state index in [1.165, 1.54) is 11.3 Å². The summed E-state index contributed by atoms with van der Waals surface area (Å²) >= 11 is 4.75. The zero-order valence-electron chi connectivity index (χ0n) is 22.0. The molecule has 1 aromatic heterocycles. The van der Waals surface area contributed by atoms with Crippen molar-refractivity contribution in [3.8, 4) is 17.2 Å². The molecule has 0 N–H and O–H groups in total. The summed E-state index contributed by atoms with van der Waals surface area (Å²) in [6.07, 6.45) is 1.78. The van der Waals surface area contributed by atoms with Crippen molar-refractivity contribution in [3.05, 3.63) is 83.0 Å². The minimum absolute atomic E-state index is 0.0192. The van der Waals surface area contributed by atoms with E-state index in [9.17, 15) is 9.59 Å². The first kappa shape index (κ1) is 27.7. The molecule has 1 aliphatic rings. The molecule has 0 unspecified atom stereocenters. The quantitative estimate of drug-likeness (QED) is 0.357. The summed E-state index contributed by atoms with van der Waals surface area (Å²) in [5.74, 6) is 1.36. The van der Waals surface area contributed by atoms with Crippen LogP contribution in [0.3, 0.4) is 0 Å². The summed E-state index contributed by atoms with van der Waals surface area (Å²) in [6.45, 7) is 7.62. The molecule has 3 aromatic rings. The Labute approximate surface area is 233 Å². The van der Waals surface area contributed by atoms with Gasteiger partial charge in [-0.3, -0.25) is 9.36 Å². The minimum Gasteiger partial charge on any atom is -0.496 e. The molecule has 0 amide bonds. The van der Waals surface area contributed by atoms with Crippen LogP contribution < -0.4 is 29.1 Å². The van der Waals surface area contributed by atoms with Crippen LogP contribution in [0.15, 0.2) is 61.9 Å². The topological polar surface area (TPSA) is 88.4 Å². The van der Waals surface area contributed by atoms with Crippen LogP contribution in [-0.2, 0) is 9.53 Å². The van der Waals surface area contributed by atoms with Gasteiger partial charge in [-0.15, -0.1) is 0 Å². The van der Waals surface area contributed by atoms with Crippen LogP contribution in [0.25, 0.3) is 6.08 Å². The smallest absolute Gasteiger partial charge is 0.338 e. The molecule has 200 valence electrons. The number of aromatic nitrogens is 1. The summed E-state index contributed by atoms with van der Waals surface area (Å²) in [5, 5.41) is 0. The molecule has 38 heavy (non-hydrogen) atoms. The fraction of sp³-hybridized carbons (Fsp3) is 0.321. The molecule has 8 nitrogen and oxygen atoms in total. The van der Waals surface area contributed by atoms with Gasteiger partial charge in [0.15, 0.2) is 4.80 Å². The second-order valence-corrected chi connectivity index (χ2v) is 10.6. The standard InChI is InChI=1S/C28H29BrN2O6S/c1-7-36-27(33)24-16(4)30-28-31(25(24)17-8-10-19(11-9-17)37-15(2)3)26(32)23(38-28)13-18-12-20(29)22(35-6)14-21(18)34-5/h8-15,25H,7H2,1-6H3/b23-13-/t25-/m1/s1. The SMILES string of the molecule is CCOC(=O)C1=C(C)N=c2s/c(=C\c3cc(Br)c(OC)cc3OC)c(=O)n2[C@@H]1c1ccc(OC(C)C)cc1. The number of thiazole rings is 1. The lowest BCUT2D eigenvalue weighted by Crippen LogP contribution is -2.39. The number of fused-ring (bicyclic) bond motifs is 1. The molecular formula is C28H29BrN2O6S. The Kier molecular flexibility index (Phi) is 8.42. The molecule has 0 spiro atoms.